The summed E-state index contributed by atoms with van der Waals surface area (Å²) in [5.74, 6) is -0.652. The van der Waals surface area contributed by atoms with Crippen LogP contribution in [0.25, 0.3) is 0 Å². The van der Waals surface area contributed by atoms with Crippen LogP contribution >= 0.6 is 0 Å². The number of benzene rings is 3. The third-order valence-corrected chi connectivity index (χ3v) is 5.89. The molecule has 0 saturated carbocycles. The molecule has 0 spiro atoms. The Morgan fingerprint density at radius 3 is 2.37 bits per heavy atom. The smallest absolute Gasteiger partial charge is 0.243 e. The zero-order valence-electron chi connectivity index (χ0n) is 16.5. The number of carbonyl (C=O) groups excluding carboxylic acids is 3. The lowest BCUT2D eigenvalue weighted by atomic mass is 9.83. The Hall–Kier alpha value is -3.73. The molecule has 5 heteroatoms. The van der Waals surface area contributed by atoms with Crippen molar-refractivity contribution in [2.24, 2.45) is 0 Å². The van der Waals surface area contributed by atoms with E-state index in [1.807, 2.05) is 18.2 Å². The summed E-state index contributed by atoms with van der Waals surface area (Å²) in [4.78, 5) is 40.9. The van der Waals surface area contributed by atoms with Crippen LogP contribution in [-0.4, -0.2) is 30.1 Å². The number of nitrogens with zero attached hydrogens (tertiary/aromatic N) is 1. The second-order valence-electron chi connectivity index (χ2n) is 7.79. The number of hydrogen-bond acceptors (Lipinski definition) is 4. The summed E-state index contributed by atoms with van der Waals surface area (Å²) in [7, 11) is 0. The van der Waals surface area contributed by atoms with E-state index in [0.717, 1.165) is 12.1 Å². The summed E-state index contributed by atoms with van der Waals surface area (Å²) in [6.45, 7) is 2.28. The minimum absolute atomic E-state index is 0.181. The third-order valence-electron chi connectivity index (χ3n) is 5.89. The molecule has 0 saturated heterocycles. The first-order valence-electron chi connectivity index (χ1n) is 10.0. The van der Waals surface area contributed by atoms with Crippen LogP contribution in [-0.2, 0) is 11.2 Å². The quantitative estimate of drug-likeness (QED) is 0.571. The van der Waals surface area contributed by atoms with Gasteiger partial charge in [-0.1, -0.05) is 54.6 Å². The van der Waals surface area contributed by atoms with E-state index in [9.17, 15) is 14.4 Å². The minimum Gasteiger partial charge on any atom is -0.359 e. The van der Waals surface area contributed by atoms with E-state index in [1.54, 1.807) is 42.5 Å². The van der Waals surface area contributed by atoms with Gasteiger partial charge in [0, 0.05) is 28.4 Å². The van der Waals surface area contributed by atoms with E-state index < -0.39 is 0 Å². The van der Waals surface area contributed by atoms with Gasteiger partial charge in [-0.15, -0.1) is 0 Å². The summed E-state index contributed by atoms with van der Waals surface area (Å²) in [6.07, 6.45) is 0.897. The molecule has 0 unspecified atom stereocenters. The molecule has 1 N–H and O–H groups in total. The normalized spacial score (nSPS) is 16.7. The van der Waals surface area contributed by atoms with Gasteiger partial charge in [-0.2, -0.15) is 0 Å². The van der Waals surface area contributed by atoms with Gasteiger partial charge in [-0.25, -0.2) is 0 Å². The van der Waals surface area contributed by atoms with Crippen molar-refractivity contribution in [1.29, 1.82) is 0 Å². The van der Waals surface area contributed by atoms with Crippen LogP contribution in [0.2, 0.25) is 0 Å². The number of hydrogen-bond donors (Lipinski definition) is 1. The van der Waals surface area contributed by atoms with Crippen molar-refractivity contribution in [3.63, 3.8) is 0 Å². The summed E-state index contributed by atoms with van der Waals surface area (Å²) in [5, 5.41) is 2.88. The number of rotatable bonds is 3. The molecule has 0 fully saturated rings. The Kier molecular flexibility index (Phi) is 4.24. The van der Waals surface area contributed by atoms with E-state index in [2.05, 4.69) is 23.2 Å². The molecule has 3 aromatic carbocycles. The molecule has 1 aliphatic carbocycles. The first-order valence-corrected chi connectivity index (χ1v) is 10.0. The molecule has 1 heterocycles. The molecule has 0 bridgehead atoms. The topological polar surface area (TPSA) is 66.5 Å². The van der Waals surface area contributed by atoms with Gasteiger partial charge in [0.1, 0.15) is 0 Å². The van der Waals surface area contributed by atoms with Crippen molar-refractivity contribution in [1.82, 2.24) is 0 Å². The second kappa shape index (κ2) is 6.95. The lowest BCUT2D eigenvalue weighted by molar-refractivity contribution is -0.115. The molecule has 148 valence electrons. The number of anilines is 2. The van der Waals surface area contributed by atoms with E-state index >= 15 is 0 Å². The van der Waals surface area contributed by atoms with Crippen molar-refractivity contribution < 1.29 is 14.4 Å². The van der Waals surface area contributed by atoms with Gasteiger partial charge in [0.2, 0.25) is 5.91 Å². The van der Waals surface area contributed by atoms with Gasteiger partial charge in [0.15, 0.2) is 11.6 Å². The van der Waals surface area contributed by atoms with E-state index in [1.165, 1.54) is 5.56 Å². The number of amides is 1. The van der Waals surface area contributed by atoms with Crippen LogP contribution in [0.15, 0.2) is 66.7 Å². The largest absolute Gasteiger partial charge is 0.359 e. The lowest BCUT2D eigenvalue weighted by Crippen LogP contribution is -2.37. The summed E-state index contributed by atoms with van der Waals surface area (Å²) < 4.78 is 0. The zero-order chi connectivity index (χ0) is 20.8. The van der Waals surface area contributed by atoms with Crippen molar-refractivity contribution in [3.8, 4) is 0 Å². The van der Waals surface area contributed by atoms with Gasteiger partial charge in [-0.3, -0.25) is 14.4 Å². The van der Waals surface area contributed by atoms with Gasteiger partial charge in [0.25, 0.3) is 0 Å². The average Bonchev–Trinajstić information content (AvgIpc) is 3.07. The maximum absolute atomic E-state index is 13.1. The van der Waals surface area contributed by atoms with Gasteiger partial charge in [0.05, 0.1) is 17.8 Å². The highest BCUT2D eigenvalue weighted by atomic mass is 16.2. The highest BCUT2D eigenvalue weighted by molar-refractivity contribution is 6.30. The number of para-hydroxylation sites is 1. The van der Waals surface area contributed by atoms with Gasteiger partial charge < -0.3 is 10.2 Å². The van der Waals surface area contributed by atoms with Crippen molar-refractivity contribution in [2.45, 2.75) is 19.4 Å². The maximum Gasteiger partial charge on any atom is 0.243 e. The van der Waals surface area contributed by atoms with Crippen LogP contribution in [0.5, 0.6) is 0 Å². The Bertz CT molecular complexity index is 1210. The first kappa shape index (κ1) is 18.3. The molecule has 0 radical (unpaired) electrons. The third kappa shape index (κ3) is 2.82. The Morgan fingerprint density at radius 1 is 0.900 bits per heavy atom. The van der Waals surface area contributed by atoms with Crippen LogP contribution in [0.3, 0.4) is 0 Å². The fourth-order valence-electron chi connectivity index (χ4n) is 4.46. The Morgan fingerprint density at radius 2 is 1.57 bits per heavy atom. The number of fused-ring (bicyclic) bond motifs is 3. The van der Waals surface area contributed by atoms with E-state index in [0.29, 0.717) is 22.4 Å². The molecule has 5 rings (SSSR count). The summed E-state index contributed by atoms with van der Waals surface area (Å²) in [6, 6.07) is 20.1. The van der Waals surface area contributed by atoms with Crippen LogP contribution in [0, 0.1) is 0 Å². The fourth-order valence-corrected chi connectivity index (χ4v) is 4.46. The molecular formula is C25H20N2O3. The summed E-state index contributed by atoms with van der Waals surface area (Å²) >= 11 is 0. The molecule has 30 heavy (non-hydrogen) atoms. The monoisotopic (exact) mass is 396 g/mol. The number of ketones is 2. The minimum atomic E-state index is -0.240. The predicted molar refractivity (Wildman–Crippen MR) is 115 cm³/mol. The zero-order valence-corrected chi connectivity index (χ0v) is 16.5. The van der Waals surface area contributed by atoms with Gasteiger partial charge in [-0.05, 0) is 31.0 Å². The van der Waals surface area contributed by atoms with Gasteiger partial charge >= 0.3 is 0 Å². The Labute approximate surface area is 174 Å². The van der Waals surface area contributed by atoms with E-state index in [4.69, 9.17) is 0 Å². The molecule has 2 aliphatic rings. The molecule has 1 aliphatic heterocycles. The highest BCUT2D eigenvalue weighted by Crippen LogP contribution is 2.33. The molecular weight excluding hydrogens is 376 g/mol. The van der Waals surface area contributed by atoms with Crippen LogP contribution in [0.1, 0.15) is 44.3 Å². The molecule has 1 atom stereocenters. The summed E-state index contributed by atoms with van der Waals surface area (Å²) in [5.41, 5.74) is 4.05. The lowest BCUT2D eigenvalue weighted by Gasteiger charge is -2.25. The van der Waals surface area contributed by atoms with E-state index in [-0.39, 0.29) is 35.6 Å². The van der Waals surface area contributed by atoms with Crippen molar-refractivity contribution in [2.75, 3.05) is 16.8 Å². The molecule has 3 aromatic rings. The molecule has 0 aromatic heterocycles. The Balaban J connectivity index is 1.44. The van der Waals surface area contributed by atoms with Crippen molar-refractivity contribution >= 4 is 28.8 Å². The standard InChI is InChI=1S/C25H20N2O3/c1-15-13-16-7-2-5-12-21(16)27(15)14-22(28)26-20-11-6-10-19-23(20)25(30)18-9-4-3-8-17(18)24(19)29/h2-12,15H,13-14H2,1H3,(H,26,28)/t15-/m0/s1. The average molecular weight is 396 g/mol. The number of nitrogens with one attached hydrogen (secondary N) is 1. The SMILES string of the molecule is C[C@H]1Cc2ccccc2N1CC(=O)Nc1cccc2c1C(=O)c1ccccc1C2=O. The number of carbonyl (C=O) groups is 3. The predicted octanol–water partition coefficient (Wildman–Crippen LogP) is 3.85. The molecule has 5 nitrogen and oxygen atoms in total. The van der Waals surface area contributed by atoms with Crippen molar-refractivity contribution in [3.05, 3.63) is 94.5 Å². The van der Waals surface area contributed by atoms with Crippen LogP contribution in [0.4, 0.5) is 11.4 Å². The highest BCUT2D eigenvalue weighted by Gasteiger charge is 2.32. The fraction of sp³-hybridized carbons (Fsp3) is 0.160. The first-order chi connectivity index (χ1) is 14.5. The van der Waals surface area contributed by atoms with Crippen LogP contribution < -0.4 is 10.2 Å². The molecule has 1 amide bonds. The maximum atomic E-state index is 13.1. The second-order valence-corrected chi connectivity index (χ2v) is 7.79.